The molecule has 1 saturated heterocycles. The fourth-order valence-electron chi connectivity index (χ4n) is 3.35. The van der Waals surface area contributed by atoms with Crippen LogP contribution in [0.2, 0.25) is 5.02 Å². The van der Waals surface area contributed by atoms with E-state index >= 15 is 0 Å². The van der Waals surface area contributed by atoms with E-state index in [1.807, 2.05) is 47.4 Å². The first-order valence-electron chi connectivity index (χ1n) is 8.93. The molecule has 138 valence electrons. The van der Waals surface area contributed by atoms with E-state index in [0.29, 0.717) is 36.2 Å². The third kappa shape index (κ3) is 3.74. The van der Waals surface area contributed by atoms with Crippen LogP contribution in [-0.4, -0.2) is 27.5 Å². The lowest BCUT2D eigenvalue weighted by molar-refractivity contribution is -0.128. The van der Waals surface area contributed by atoms with Crippen LogP contribution < -0.4 is 0 Å². The highest BCUT2D eigenvalue weighted by Crippen LogP contribution is 2.30. The molecule has 4 rings (SSSR count). The summed E-state index contributed by atoms with van der Waals surface area (Å²) in [6.07, 6.45) is 0.395. The molecule has 2 heterocycles. The van der Waals surface area contributed by atoms with Crippen LogP contribution in [0.3, 0.4) is 0 Å². The van der Waals surface area contributed by atoms with Gasteiger partial charge in [-0.3, -0.25) is 4.79 Å². The Balaban J connectivity index is 1.49. The second-order valence-corrected chi connectivity index (χ2v) is 7.50. The number of likely N-dealkylation sites (tertiary alicyclic amines) is 1. The summed E-state index contributed by atoms with van der Waals surface area (Å²) in [6, 6.07) is 13.6. The van der Waals surface area contributed by atoms with E-state index < -0.39 is 0 Å². The van der Waals surface area contributed by atoms with Crippen molar-refractivity contribution in [2.75, 3.05) is 6.54 Å². The number of benzene rings is 2. The normalized spacial score (nSPS) is 16.9. The van der Waals surface area contributed by atoms with E-state index in [1.165, 1.54) is 11.1 Å². The fourth-order valence-corrected chi connectivity index (χ4v) is 3.56. The molecule has 0 saturated carbocycles. The Morgan fingerprint density at radius 2 is 2.04 bits per heavy atom. The van der Waals surface area contributed by atoms with Gasteiger partial charge in [-0.1, -0.05) is 35.0 Å². The van der Waals surface area contributed by atoms with Crippen molar-refractivity contribution in [2.24, 2.45) is 0 Å². The molecule has 2 aromatic carbocycles. The number of hydrogen-bond donors (Lipinski definition) is 0. The summed E-state index contributed by atoms with van der Waals surface area (Å²) < 4.78 is 5.45. The van der Waals surface area contributed by atoms with Gasteiger partial charge in [0.05, 0.1) is 0 Å². The molecule has 3 aromatic rings. The Kier molecular flexibility index (Phi) is 4.70. The summed E-state index contributed by atoms with van der Waals surface area (Å²) in [5.41, 5.74) is 4.31. The first-order chi connectivity index (χ1) is 13.0. The van der Waals surface area contributed by atoms with E-state index in [4.69, 9.17) is 16.1 Å². The molecule has 0 bridgehead atoms. The minimum atomic E-state index is -0.0549. The molecule has 1 aliphatic rings. The van der Waals surface area contributed by atoms with Crippen LogP contribution in [0.4, 0.5) is 0 Å². The SMILES string of the molecule is Cc1ccc(-c2nc(C3CC(=O)N(Cc4cccc(Cl)c4)C3)no2)cc1C. The first-order valence-corrected chi connectivity index (χ1v) is 9.31. The molecular formula is C21H20ClN3O2. The topological polar surface area (TPSA) is 59.2 Å². The van der Waals surface area contributed by atoms with E-state index in [-0.39, 0.29) is 11.8 Å². The lowest BCUT2D eigenvalue weighted by Gasteiger charge is -2.16. The van der Waals surface area contributed by atoms with E-state index in [1.54, 1.807) is 0 Å². The van der Waals surface area contributed by atoms with Crippen LogP contribution >= 0.6 is 11.6 Å². The highest BCUT2D eigenvalue weighted by atomic mass is 35.5. The quantitative estimate of drug-likeness (QED) is 0.666. The van der Waals surface area contributed by atoms with Gasteiger partial charge in [0.2, 0.25) is 5.91 Å². The van der Waals surface area contributed by atoms with Crippen molar-refractivity contribution in [3.63, 3.8) is 0 Å². The Bertz CT molecular complexity index is 999. The fraction of sp³-hybridized carbons (Fsp3) is 0.286. The number of hydrogen-bond acceptors (Lipinski definition) is 4. The predicted molar refractivity (Wildman–Crippen MR) is 103 cm³/mol. The smallest absolute Gasteiger partial charge is 0.257 e. The van der Waals surface area contributed by atoms with Gasteiger partial charge in [-0.05, 0) is 54.8 Å². The molecule has 0 spiro atoms. The van der Waals surface area contributed by atoms with Gasteiger partial charge < -0.3 is 9.42 Å². The van der Waals surface area contributed by atoms with Crippen LogP contribution in [0.15, 0.2) is 47.0 Å². The second kappa shape index (κ2) is 7.16. The molecule has 0 N–H and O–H groups in total. The van der Waals surface area contributed by atoms with Gasteiger partial charge in [-0.15, -0.1) is 0 Å². The zero-order chi connectivity index (χ0) is 19.0. The number of halogens is 1. The van der Waals surface area contributed by atoms with Gasteiger partial charge >= 0.3 is 0 Å². The number of carbonyl (C=O) groups is 1. The molecule has 1 aliphatic heterocycles. The Hall–Kier alpha value is -2.66. The molecule has 1 amide bonds. The van der Waals surface area contributed by atoms with Crippen molar-refractivity contribution < 1.29 is 9.32 Å². The van der Waals surface area contributed by atoms with Crippen LogP contribution in [0, 0.1) is 13.8 Å². The second-order valence-electron chi connectivity index (χ2n) is 7.06. The first kappa shape index (κ1) is 17.7. The van der Waals surface area contributed by atoms with Crippen molar-refractivity contribution >= 4 is 17.5 Å². The lowest BCUT2D eigenvalue weighted by Crippen LogP contribution is -2.24. The number of aromatic nitrogens is 2. The number of aryl methyl sites for hydroxylation is 2. The van der Waals surface area contributed by atoms with Crippen molar-refractivity contribution in [2.45, 2.75) is 32.7 Å². The summed E-state index contributed by atoms with van der Waals surface area (Å²) in [5.74, 6) is 1.12. The zero-order valence-electron chi connectivity index (χ0n) is 15.3. The molecule has 1 unspecified atom stereocenters. The maximum absolute atomic E-state index is 12.4. The Labute approximate surface area is 163 Å². The molecule has 27 heavy (non-hydrogen) atoms. The average molecular weight is 382 g/mol. The molecule has 0 radical (unpaired) electrons. The van der Waals surface area contributed by atoms with Crippen molar-refractivity contribution in [1.29, 1.82) is 0 Å². The Morgan fingerprint density at radius 3 is 2.81 bits per heavy atom. The third-order valence-corrected chi connectivity index (χ3v) is 5.27. The summed E-state index contributed by atoms with van der Waals surface area (Å²) in [7, 11) is 0. The molecule has 1 aromatic heterocycles. The third-order valence-electron chi connectivity index (χ3n) is 5.04. The summed E-state index contributed by atoms with van der Waals surface area (Å²) in [5, 5.41) is 4.80. The number of amides is 1. The van der Waals surface area contributed by atoms with Crippen LogP contribution in [0.5, 0.6) is 0 Å². The van der Waals surface area contributed by atoms with Gasteiger partial charge in [-0.25, -0.2) is 0 Å². The van der Waals surface area contributed by atoms with Crippen LogP contribution in [0.25, 0.3) is 11.5 Å². The van der Waals surface area contributed by atoms with E-state index in [9.17, 15) is 4.79 Å². The minimum absolute atomic E-state index is 0.0549. The average Bonchev–Trinajstić information content (AvgIpc) is 3.25. The van der Waals surface area contributed by atoms with Gasteiger partial charge in [0.25, 0.3) is 5.89 Å². The summed E-state index contributed by atoms with van der Waals surface area (Å²) in [6.45, 7) is 5.24. The molecule has 5 nitrogen and oxygen atoms in total. The van der Waals surface area contributed by atoms with Crippen molar-refractivity contribution in [3.05, 3.63) is 70.0 Å². The number of rotatable bonds is 4. The summed E-state index contributed by atoms with van der Waals surface area (Å²) in [4.78, 5) is 18.8. The monoisotopic (exact) mass is 381 g/mol. The predicted octanol–water partition coefficient (Wildman–Crippen LogP) is 4.52. The van der Waals surface area contributed by atoms with Crippen molar-refractivity contribution in [1.82, 2.24) is 15.0 Å². The van der Waals surface area contributed by atoms with Crippen LogP contribution in [-0.2, 0) is 11.3 Å². The van der Waals surface area contributed by atoms with Gasteiger partial charge in [0, 0.05) is 36.0 Å². The maximum Gasteiger partial charge on any atom is 0.257 e. The number of carbonyl (C=O) groups excluding carboxylic acids is 1. The highest BCUT2D eigenvalue weighted by Gasteiger charge is 2.33. The molecule has 6 heteroatoms. The minimum Gasteiger partial charge on any atom is -0.338 e. The van der Waals surface area contributed by atoms with Gasteiger partial charge in [-0.2, -0.15) is 4.98 Å². The maximum atomic E-state index is 12.4. The summed E-state index contributed by atoms with van der Waals surface area (Å²) >= 11 is 6.04. The zero-order valence-corrected chi connectivity index (χ0v) is 16.0. The lowest BCUT2D eigenvalue weighted by atomic mass is 10.1. The molecule has 1 atom stereocenters. The van der Waals surface area contributed by atoms with Crippen molar-refractivity contribution in [3.8, 4) is 11.5 Å². The van der Waals surface area contributed by atoms with Gasteiger partial charge in [0.1, 0.15) is 0 Å². The van der Waals surface area contributed by atoms with E-state index in [2.05, 4.69) is 24.0 Å². The number of nitrogens with zero attached hydrogens (tertiary/aromatic N) is 3. The largest absolute Gasteiger partial charge is 0.338 e. The van der Waals surface area contributed by atoms with Crippen LogP contribution in [0.1, 0.15) is 34.9 Å². The van der Waals surface area contributed by atoms with Gasteiger partial charge in [0.15, 0.2) is 5.82 Å². The highest BCUT2D eigenvalue weighted by molar-refractivity contribution is 6.30. The standard InChI is InChI=1S/C21H20ClN3O2/c1-13-6-7-16(8-14(13)2)21-23-20(24-27-21)17-10-19(26)25(12-17)11-15-4-3-5-18(22)9-15/h3-9,17H,10-12H2,1-2H3. The Morgan fingerprint density at radius 1 is 1.19 bits per heavy atom. The molecular weight excluding hydrogens is 362 g/mol. The van der Waals surface area contributed by atoms with E-state index in [0.717, 1.165) is 11.1 Å². The molecule has 0 aliphatic carbocycles. The molecule has 1 fully saturated rings.